The van der Waals surface area contributed by atoms with Crippen LogP contribution in [-0.4, -0.2) is 32.5 Å². The standard InChI is InChI=1S/C17H17BrN4O3/c1-7-12(18)13(19-21(7)2)14(23)20-22-15(24)10-8-3-4-9(11(10)16(22)25)17(8)5-6-17/h3-4,8-11H,5-6H2,1-2H3,(H,20,23)/t8-,9-,10-,11+/m0/s1. The average molecular weight is 405 g/mol. The van der Waals surface area contributed by atoms with E-state index >= 15 is 0 Å². The number of carbonyl (C=O) groups excluding carboxylic acids is 3. The first kappa shape index (κ1) is 15.3. The number of halogens is 1. The van der Waals surface area contributed by atoms with Crippen LogP contribution in [0.5, 0.6) is 0 Å². The summed E-state index contributed by atoms with van der Waals surface area (Å²) in [5, 5.41) is 5.07. The van der Waals surface area contributed by atoms with Crippen LogP contribution in [0, 0.1) is 36.0 Å². The van der Waals surface area contributed by atoms with Gasteiger partial charge in [-0.15, -0.1) is 0 Å². The molecular weight excluding hydrogens is 388 g/mol. The van der Waals surface area contributed by atoms with E-state index in [4.69, 9.17) is 0 Å². The zero-order valence-corrected chi connectivity index (χ0v) is 15.4. The van der Waals surface area contributed by atoms with Crippen LogP contribution in [-0.2, 0) is 16.6 Å². The first-order valence-corrected chi connectivity index (χ1v) is 9.22. The van der Waals surface area contributed by atoms with Crippen LogP contribution in [0.3, 0.4) is 0 Å². The van der Waals surface area contributed by atoms with Crippen molar-refractivity contribution >= 4 is 33.7 Å². The molecule has 2 bridgehead atoms. The molecule has 1 N–H and O–H groups in total. The van der Waals surface area contributed by atoms with Crippen molar-refractivity contribution in [3.63, 3.8) is 0 Å². The molecule has 4 atom stereocenters. The van der Waals surface area contributed by atoms with E-state index in [1.807, 2.05) is 6.92 Å². The molecule has 1 aromatic rings. The molecule has 7 nitrogen and oxygen atoms in total. The molecule has 2 saturated carbocycles. The third-order valence-corrected chi connectivity index (χ3v) is 7.49. The fourth-order valence-electron chi connectivity index (χ4n) is 5.07. The molecule has 1 spiro atoms. The summed E-state index contributed by atoms with van der Waals surface area (Å²) >= 11 is 3.34. The fraction of sp³-hybridized carbons (Fsp3) is 0.529. The monoisotopic (exact) mass is 404 g/mol. The number of nitrogens with zero attached hydrogens (tertiary/aromatic N) is 3. The Balaban J connectivity index is 1.42. The number of hydrogen-bond donors (Lipinski definition) is 1. The minimum atomic E-state index is -0.557. The molecule has 130 valence electrons. The van der Waals surface area contributed by atoms with E-state index in [1.54, 1.807) is 11.7 Å². The van der Waals surface area contributed by atoms with Crippen LogP contribution < -0.4 is 5.43 Å². The van der Waals surface area contributed by atoms with Crippen LogP contribution in [0.1, 0.15) is 29.0 Å². The summed E-state index contributed by atoms with van der Waals surface area (Å²) in [5.74, 6) is -1.48. The topological polar surface area (TPSA) is 84.3 Å². The Morgan fingerprint density at radius 1 is 1.24 bits per heavy atom. The van der Waals surface area contributed by atoms with E-state index in [1.165, 1.54) is 0 Å². The van der Waals surface area contributed by atoms with Gasteiger partial charge >= 0.3 is 0 Å². The van der Waals surface area contributed by atoms with Crippen LogP contribution in [0.2, 0.25) is 0 Å². The van der Waals surface area contributed by atoms with Crippen molar-refractivity contribution in [3.05, 3.63) is 28.0 Å². The largest absolute Gasteiger partial charge is 0.291 e. The number of amides is 3. The van der Waals surface area contributed by atoms with Gasteiger partial charge in [0.1, 0.15) is 0 Å². The van der Waals surface area contributed by atoms with Crippen LogP contribution in [0.4, 0.5) is 0 Å². The highest BCUT2D eigenvalue weighted by atomic mass is 79.9. The first-order valence-electron chi connectivity index (χ1n) is 8.43. The van der Waals surface area contributed by atoms with Gasteiger partial charge in [-0.1, -0.05) is 12.2 Å². The Morgan fingerprint density at radius 3 is 2.24 bits per heavy atom. The highest BCUT2D eigenvalue weighted by Gasteiger charge is 2.73. The summed E-state index contributed by atoms with van der Waals surface area (Å²) in [6, 6.07) is 0. The molecule has 0 unspecified atom stereocenters. The van der Waals surface area contributed by atoms with Crippen LogP contribution in [0.25, 0.3) is 0 Å². The van der Waals surface area contributed by atoms with Crippen LogP contribution in [0.15, 0.2) is 16.6 Å². The van der Waals surface area contributed by atoms with Gasteiger partial charge in [0.25, 0.3) is 17.7 Å². The lowest BCUT2D eigenvalue weighted by atomic mass is 9.85. The minimum absolute atomic E-state index is 0.143. The van der Waals surface area contributed by atoms with Crippen molar-refractivity contribution in [1.82, 2.24) is 20.2 Å². The molecule has 5 rings (SSSR count). The SMILES string of the molecule is Cc1c(Br)c(C(=O)NN2C(=O)[C@@H]3[C@H](C2=O)[C@@H]2C=C[C@@H]3C23CC3)nn1C. The molecule has 1 saturated heterocycles. The number of hydrogen-bond acceptors (Lipinski definition) is 4. The van der Waals surface area contributed by atoms with Gasteiger partial charge in [0, 0.05) is 7.05 Å². The van der Waals surface area contributed by atoms with Gasteiger partial charge in [0.2, 0.25) is 0 Å². The Hall–Kier alpha value is -1.96. The Labute approximate surface area is 152 Å². The molecule has 3 amide bonds. The quantitative estimate of drug-likeness (QED) is 0.595. The highest BCUT2D eigenvalue weighted by Crippen LogP contribution is 2.73. The molecule has 3 aliphatic carbocycles. The van der Waals surface area contributed by atoms with E-state index in [2.05, 4.69) is 38.6 Å². The third-order valence-electron chi connectivity index (χ3n) is 6.54. The van der Waals surface area contributed by atoms with Crippen molar-refractivity contribution in [3.8, 4) is 0 Å². The molecule has 1 aromatic heterocycles. The van der Waals surface area contributed by atoms with Gasteiger partial charge in [-0.2, -0.15) is 10.1 Å². The van der Waals surface area contributed by atoms with Crippen LogP contribution >= 0.6 is 15.9 Å². The second-order valence-electron chi connectivity index (χ2n) is 7.55. The predicted molar refractivity (Wildman–Crippen MR) is 89.7 cm³/mol. The summed E-state index contributed by atoms with van der Waals surface area (Å²) in [6.45, 7) is 1.82. The molecular formula is C17H17BrN4O3. The summed E-state index contributed by atoms with van der Waals surface area (Å²) in [4.78, 5) is 38.2. The maximum Gasteiger partial charge on any atom is 0.291 e. The minimum Gasteiger partial charge on any atom is -0.272 e. The first-order chi connectivity index (χ1) is 11.9. The average Bonchev–Trinajstić information content (AvgIpc) is 3.11. The number of hydrazine groups is 1. The maximum absolute atomic E-state index is 12.8. The molecule has 3 fully saturated rings. The van der Waals surface area contributed by atoms with E-state index in [0.717, 1.165) is 23.5 Å². The smallest absolute Gasteiger partial charge is 0.272 e. The number of aryl methyl sites for hydroxylation is 1. The molecule has 8 heteroatoms. The number of fused-ring (bicyclic) bond motifs is 3. The van der Waals surface area contributed by atoms with Crippen molar-refractivity contribution in [2.45, 2.75) is 19.8 Å². The predicted octanol–water partition coefficient (Wildman–Crippen LogP) is 1.33. The Bertz CT molecular complexity index is 851. The summed E-state index contributed by atoms with van der Waals surface area (Å²) in [5.41, 5.74) is 3.59. The maximum atomic E-state index is 12.8. The second kappa shape index (κ2) is 4.60. The summed E-state index contributed by atoms with van der Waals surface area (Å²) in [6.07, 6.45) is 6.40. The zero-order valence-electron chi connectivity index (χ0n) is 13.8. The van der Waals surface area contributed by atoms with E-state index in [-0.39, 0.29) is 46.6 Å². The van der Waals surface area contributed by atoms with Gasteiger partial charge in [-0.25, -0.2) is 0 Å². The summed E-state index contributed by atoms with van der Waals surface area (Å²) in [7, 11) is 1.73. The van der Waals surface area contributed by atoms with Gasteiger partial charge in [0.15, 0.2) is 5.69 Å². The molecule has 4 aliphatic rings. The van der Waals surface area contributed by atoms with Gasteiger partial charge in [-0.3, -0.25) is 24.5 Å². The molecule has 0 radical (unpaired) electrons. The lowest BCUT2D eigenvalue weighted by Crippen LogP contribution is -2.48. The highest BCUT2D eigenvalue weighted by molar-refractivity contribution is 9.10. The number of carbonyl (C=O) groups is 3. The zero-order chi connectivity index (χ0) is 17.7. The number of aromatic nitrogens is 2. The van der Waals surface area contributed by atoms with Crippen molar-refractivity contribution < 1.29 is 14.4 Å². The lowest BCUT2D eigenvalue weighted by Gasteiger charge is -2.21. The normalized spacial score (nSPS) is 33.5. The van der Waals surface area contributed by atoms with E-state index < -0.39 is 5.91 Å². The number of rotatable bonds is 2. The van der Waals surface area contributed by atoms with Gasteiger partial charge < -0.3 is 0 Å². The molecule has 0 aromatic carbocycles. The third kappa shape index (κ3) is 1.71. The Kier molecular flexibility index (Phi) is 2.82. The van der Waals surface area contributed by atoms with Crippen molar-refractivity contribution in [2.75, 3.05) is 0 Å². The van der Waals surface area contributed by atoms with E-state index in [9.17, 15) is 14.4 Å². The second-order valence-corrected chi connectivity index (χ2v) is 8.34. The van der Waals surface area contributed by atoms with Crippen molar-refractivity contribution in [2.24, 2.45) is 36.1 Å². The van der Waals surface area contributed by atoms with Gasteiger partial charge in [0.05, 0.1) is 22.0 Å². The molecule has 2 heterocycles. The number of imide groups is 1. The van der Waals surface area contributed by atoms with Crippen molar-refractivity contribution in [1.29, 1.82) is 0 Å². The summed E-state index contributed by atoms with van der Waals surface area (Å²) < 4.78 is 2.13. The molecule has 25 heavy (non-hydrogen) atoms. The Morgan fingerprint density at radius 2 is 1.80 bits per heavy atom. The number of nitrogens with one attached hydrogen (secondary N) is 1. The number of allylic oxidation sites excluding steroid dienone is 2. The molecule has 1 aliphatic heterocycles. The van der Waals surface area contributed by atoms with Gasteiger partial charge in [-0.05, 0) is 52.9 Å². The fourth-order valence-corrected chi connectivity index (χ4v) is 5.59. The lowest BCUT2D eigenvalue weighted by molar-refractivity contribution is -0.144. The van der Waals surface area contributed by atoms with E-state index in [0.29, 0.717) is 4.47 Å².